The molecule has 1 aliphatic heterocycles. The number of rotatable bonds is 3. The molecule has 5 nitrogen and oxygen atoms in total. The maximum Gasteiger partial charge on any atom is 0.174 e. The van der Waals surface area contributed by atoms with Gasteiger partial charge in [0.15, 0.2) is 5.11 Å². The first-order valence-electron chi connectivity index (χ1n) is 7.57. The summed E-state index contributed by atoms with van der Waals surface area (Å²) in [6.07, 6.45) is 3.42. The molecule has 0 aliphatic carbocycles. The summed E-state index contributed by atoms with van der Waals surface area (Å²) in [5.41, 5.74) is 1.77. The molecule has 0 saturated carbocycles. The minimum absolute atomic E-state index is 0.126. The number of hydrogen-bond donors (Lipinski definition) is 2. The van der Waals surface area contributed by atoms with Crippen LogP contribution in [-0.2, 0) is 0 Å². The van der Waals surface area contributed by atoms with Crippen LogP contribution in [0.2, 0.25) is 0 Å². The van der Waals surface area contributed by atoms with Crippen molar-refractivity contribution in [2.24, 2.45) is 0 Å². The summed E-state index contributed by atoms with van der Waals surface area (Å²) < 4.78 is 5.67. The number of pyridine rings is 1. The summed E-state index contributed by atoms with van der Waals surface area (Å²) in [7, 11) is 0. The summed E-state index contributed by atoms with van der Waals surface area (Å²) in [6, 6.07) is 16.3. The Kier molecular flexibility index (Phi) is 3.66. The Morgan fingerprint density at radius 3 is 2.58 bits per heavy atom. The number of furan rings is 1. The van der Waals surface area contributed by atoms with Gasteiger partial charge in [0.1, 0.15) is 17.6 Å². The minimum Gasteiger partial charge on any atom is -0.508 e. The highest BCUT2D eigenvalue weighted by Crippen LogP contribution is 2.41. The Morgan fingerprint density at radius 2 is 1.92 bits per heavy atom. The Labute approximate surface area is 144 Å². The molecule has 0 amide bonds. The maximum atomic E-state index is 9.55. The lowest BCUT2D eigenvalue weighted by atomic mass is 10.0. The molecule has 2 N–H and O–H groups in total. The highest BCUT2D eigenvalue weighted by Gasteiger charge is 2.42. The summed E-state index contributed by atoms with van der Waals surface area (Å²) in [4.78, 5) is 6.46. The van der Waals surface area contributed by atoms with Gasteiger partial charge in [0.05, 0.1) is 18.0 Å². The van der Waals surface area contributed by atoms with Crippen LogP contribution in [0.25, 0.3) is 0 Å². The van der Waals surface area contributed by atoms with Crippen LogP contribution in [0.3, 0.4) is 0 Å². The van der Waals surface area contributed by atoms with Gasteiger partial charge in [0.25, 0.3) is 0 Å². The second kappa shape index (κ2) is 5.98. The molecular weight excluding hydrogens is 322 g/mol. The molecule has 1 saturated heterocycles. The quantitative estimate of drug-likeness (QED) is 0.713. The van der Waals surface area contributed by atoms with E-state index in [4.69, 9.17) is 16.6 Å². The second-order valence-electron chi connectivity index (χ2n) is 5.53. The van der Waals surface area contributed by atoms with Crippen LogP contribution >= 0.6 is 12.2 Å². The van der Waals surface area contributed by atoms with E-state index in [1.165, 1.54) is 0 Å². The molecule has 6 heteroatoms. The van der Waals surface area contributed by atoms with Crippen LogP contribution in [0.1, 0.15) is 23.5 Å². The Bertz CT molecular complexity index is 834. The minimum atomic E-state index is -0.160. The van der Waals surface area contributed by atoms with E-state index >= 15 is 0 Å². The van der Waals surface area contributed by atoms with Crippen molar-refractivity contribution in [1.82, 2.24) is 10.3 Å². The van der Waals surface area contributed by atoms with Crippen molar-refractivity contribution < 1.29 is 9.52 Å². The normalized spacial score (nSPS) is 20.2. The second-order valence-corrected chi connectivity index (χ2v) is 5.92. The number of anilines is 1. The van der Waals surface area contributed by atoms with Gasteiger partial charge in [-0.1, -0.05) is 6.07 Å². The van der Waals surface area contributed by atoms with Crippen LogP contribution in [0, 0.1) is 0 Å². The number of thiocarbonyl (C=S) groups is 1. The number of hydrogen-bond acceptors (Lipinski definition) is 4. The molecule has 0 radical (unpaired) electrons. The van der Waals surface area contributed by atoms with Crippen molar-refractivity contribution in [2.45, 2.75) is 12.1 Å². The molecule has 1 aliphatic rings. The zero-order valence-corrected chi connectivity index (χ0v) is 13.5. The van der Waals surface area contributed by atoms with Crippen LogP contribution in [0.15, 0.2) is 71.5 Å². The fraction of sp³-hybridized carbons (Fsp3) is 0.111. The number of nitrogens with zero attached hydrogens (tertiary/aromatic N) is 2. The highest BCUT2D eigenvalue weighted by molar-refractivity contribution is 7.80. The zero-order chi connectivity index (χ0) is 16.5. The molecule has 1 fully saturated rings. The summed E-state index contributed by atoms with van der Waals surface area (Å²) >= 11 is 5.57. The first-order valence-corrected chi connectivity index (χ1v) is 7.98. The van der Waals surface area contributed by atoms with E-state index in [1.54, 1.807) is 24.6 Å². The van der Waals surface area contributed by atoms with Gasteiger partial charge < -0.3 is 19.7 Å². The van der Waals surface area contributed by atoms with E-state index in [9.17, 15) is 5.11 Å². The topological polar surface area (TPSA) is 61.5 Å². The molecule has 4 rings (SSSR count). The van der Waals surface area contributed by atoms with Crippen LogP contribution < -0.4 is 10.2 Å². The molecule has 1 aromatic carbocycles. The summed E-state index contributed by atoms with van der Waals surface area (Å²) in [5, 5.41) is 13.5. The molecule has 3 heterocycles. The number of nitrogens with one attached hydrogen (secondary N) is 1. The largest absolute Gasteiger partial charge is 0.508 e. The average molecular weight is 337 g/mol. The van der Waals surface area contributed by atoms with Crippen molar-refractivity contribution in [1.29, 1.82) is 0 Å². The monoisotopic (exact) mass is 337 g/mol. The molecule has 0 spiro atoms. The fourth-order valence-corrected chi connectivity index (χ4v) is 3.34. The predicted molar refractivity (Wildman–Crippen MR) is 94.7 cm³/mol. The van der Waals surface area contributed by atoms with Crippen molar-refractivity contribution in [3.05, 3.63) is 78.5 Å². The van der Waals surface area contributed by atoms with Gasteiger partial charge in [-0.25, -0.2) is 0 Å². The Hall–Kier alpha value is -2.86. The number of benzene rings is 1. The van der Waals surface area contributed by atoms with E-state index < -0.39 is 0 Å². The van der Waals surface area contributed by atoms with Gasteiger partial charge in [-0.15, -0.1) is 0 Å². The first kappa shape index (κ1) is 14.7. The van der Waals surface area contributed by atoms with E-state index in [0.717, 1.165) is 17.1 Å². The molecule has 2 aromatic heterocycles. The van der Waals surface area contributed by atoms with E-state index in [1.807, 2.05) is 47.4 Å². The molecule has 3 aromatic rings. The van der Waals surface area contributed by atoms with Gasteiger partial charge in [-0.05, 0) is 60.7 Å². The average Bonchev–Trinajstić information content (AvgIpc) is 3.24. The molecule has 2 atom stereocenters. The molecule has 2 unspecified atom stereocenters. The molecular formula is C18H15N3O2S. The smallest absolute Gasteiger partial charge is 0.174 e. The zero-order valence-electron chi connectivity index (χ0n) is 12.7. The Morgan fingerprint density at radius 1 is 1.08 bits per heavy atom. The van der Waals surface area contributed by atoms with E-state index in [2.05, 4.69) is 10.3 Å². The third-order valence-electron chi connectivity index (χ3n) is 4.06. The van der Waals surface area contributed by atoms with Crippen LogP contribution in [0.4, 0.5) is 5.69 Å². The van der Waals surface area contributed by atoms with Gasteiger partial charge in [-0.2, -0.15) is 0 Å². The number of phenols is 1. The molecule has 24 heavy (non-hydrogen) atoms. The summed E-state index contributed by atoms with van der Waals surface area (Å²) in [6.45, 7) is 0. The highest BCUT2D eigenvalue weighted by atomic mass is 32.1. The number of aromatic hydroxyl groups is 1. The lowest BCUT2D eigenvalue weighted by Gasteiger charge is -2.26. The van der Waals surface area contributed by atoms with Crippen molar-refractivity contribution in [2.75, 3.05) is 4.90 Å². The van der Waals surface area contributed by atoms with Gasteiger partial charge in [0, 0.05) is 11.9 Å². The third kappa shape index (κ3) is 2.51. The van der Waals surface area contributed by atoms with Gasteiger partial charge in [0.2, 0.25) is 0 Å². The van der Waals surface area contributed by atoms with Gasteiger partial charge in [-0.3, -0.25) is 4.98 Å². The molecule has 0 bridgehead atoms. The van der Waals surface area contributed by atoms with Crippen LogP contribution in [-0.4, -0.2) is 15.2 Å². The first-order chi connectivity index (χ1) is 11.7. The number of phenolic OH excluding ortho intramolecular Hbond substituents is 1. The third-order valence-corrected chi connectivity index (χ3v) is 4.38. The van der Waals surface area contributed by atoms with Crippen molar-refractivity contribution in [3.63, 3.8) is 0 Å². The van der Waals surface area contributed by atoms with E-state index in [-0.39, 0.29) is 17.8 Å². The van der Waals surface area contributed by atoms with Crippen molar-refractivity contribution >= 4 is 23.0 Å². The maximum absolute atomic E-state index is 9.55. The van der Waals surface area contributed by atoms with Crippen molar-refractivity contribution in [3.8, 4) is 5.75 Å². The lowest BCUT2D eigenvalue weighted by molar-refractivity contribution is 0.432. The summed E-state index contributed by atoms with van der Waals surface area (Å²) in [5.74, 6) is 1.01. The SMILES string of the molecule is Oc1ccc(N2C(=S)NC(c3ccccn3)C2c2ccco2)cc1. The lowest BCUT2D eigenvalue weighted by Crippen LogP contribution is -2.29. The van der Waals surface area contributed by atoms with E-state index in [0.29, 0.717) is 5.11 Å². The van der Waals surface area contributed by atoms with Gasteiger partial charge >= 0.3 is 0 Å². The number of aromatic nitrogens is 1. The predicted octanol–water partition coefficient (Wildman–Crippen LogP) is 3.56. The fourth-order valence-electron chi connectivity index (χ4n) is 2.99. The Balaban J connectivity index is 1.80. The molecule has 120 valence electrons. The van der Waals surface area contributed by atoms with Crippen LogP contribution in [0.5, 0.6) is 5.75 Å². The standard InChI is InChI=1S/C18H15N3O2S/c22-13-8-6-12(7-9-13)21-17(15-5-3-11-23-15)16(20-18(21)24)14-4-1-2-10-19-14/h1-11,16-17,22H,(H,20,24).